The Hall–Kier alpha value is -3.41. The fourth-order valence-corrected chi connectivity index (χ4v) is 3.80. The second-order valence-electron chi connectivity index (χ2n) is 7.33. The molecule has 0 aromatic heterocycles. The summed E-state index contributed by atoms with van der Waals surface area (Å²) in [5, 5.41) is 0. The van der Waals surface area contributed by atoms with E-state index in [4.69, 9.17) is 9.47 Å². The highest BCUT2D eigenvalue weighted by Crippen LogP contribution is 2.37. The van der Waals surface area contributed by atoms with Crippen molar-refractivity contribution in [3.05, 3.63) is 82.1 Å². The Labute approximate surface area is 176 Å². The molecule has 1 amide bonds. The highest BCUT2D eigenvalue weighted by Gasteiger charge is 2.36. The van der Waals surface area contributed by atoms with E-state index in [2.05, 4.69) is 0 Å². The number of esters is 2. The summed E-state index contributed by atoms with van der Waals surface area (Å²) in [5.41, 5.74) is 4.34. The number of carbonyl (C=O) groups is 3. The molecule has 1 atom stereocenters. The lowest BCUT2D eigenvalue weighted by atomic mass is 9.83. The molecule has 0 saturated heterocycles. The zero-order valence-corrected chi connectivity index (χ0v) is 17.6. The first-order valence-electron chi connectivity index (χ1n) is 9.69. The van der Waals surface area contributed by atoms with Gasteiger partial charge in [0.15, 0.2) is 0 Å². The number of hydrogen-bond donors (Lipinski definition) is 0. The lowest BCUT2D eigenvalue weighted by Gasteiger charge is -2.34. The van der Waals surface area contributed by atoms with Gasteiger partial charge < -0.3 is 14.4 Å². The summed E-state index contributed by atoms with van der Waals surface area (Å²) in [5.74, 6) is -1.26. The van der Waals surface area contributed by atoms with Gasteiger partial charge in [-0.2, -0.15) is 0 Å². The van der Waals surface area contributed by atoms with Crippen LogP contribution in [0, 0.1) is 6.92 Å². The fraction of sp³-hybridized carbons (Fsp3) is 0.292. The molecule has 6 nitrogen and oxygen atoms in total. The Kier molecular flexibility index (Phi) is 6.35. The Bertz CT molecular complexity index is 1010. The summed E-state index contributed by atoms with van der Waals surface area (Å²) in [6.45, 7) is 4.05. The van der Waals surface area contributed by atoms with E-state index in [1.54, 1.807) is 36.1 Å². The van der Waals surface area contributed by atoms with Crippen LogP contribution in [0.4, 0.5) is 0 Å². The number of amides is 1. The summed E-state index contributed by atoms with van der Waals surface area (Å²) < 4.78 is 9.76. The molecular weight excluding hydrogens is 382 g/mol. The predicted octanol–water partition coefficient (Wildman–Crippen LogP) is 3.74. The lowest BCUT2D eigenvalue weighted by Crippen LogP contribution is -2.38. The van der Waals surface area contributed by atoms with Crippen LogP contribution in [-0.2, 0) is 25.6 Å². The van der Waals surface area contributed by atoms with Crippen molar-refractivity contribution in [3.63, 3.8) is 0 Å². The molecule has 2 aromatic carbocycles. The molecule has 30 heavy (non-hydrogen) atoms. The van der Waals surface area contributed by atoms with Gasteiger partial charge in [-0.1, -0.05) is 42.0 Å². The van der Waals surface area contributed by atoms with Gasteiger partial charge in [-0.15, -0.1) is 0 Å². The molecule has 1 aliphatic heterocycles. The molecular formula is C24H25NO5. The van der Waals surface area contributed by atoms with Crippen molar-refractivity contribution in [1.82, 2.24) is 4.90 Å². The zero-order valence-electron chi connectivity index (χ0n) is 17.6. The van der Waals surface area contributed by atoms with Crippen LogP contribution in [0.3, 0.4) is 0 Å². The molecule has 0 unspecified atom stereocenters. The first-order valence-corrected chi connectivity index (χ1v) is 9.69. The Morgan fingerprint density at radius 3 is 2.27 bits per heavy atom. The van der Waals surface area contributed by atoms with E-state index in [1.165, 1.54) is 14.2 Å². The average molecular weight is 407 g/mol. The van der Waals surface area contributed by atoms with Gasteiger partial charge in [0, 0.05) is 18.0 Å². The highest BCUT2D eigenvalue weighted by atomic mass is 16.5. The minimum Gasteiger partial charge on any atom is -0.466 e. The molecule has 1 heterocycles. The van der Waals surface area contributed by atoms with Crippen LogP contribution in [0.1, 0.15) is 46.3 Å². The van der Waals surface area contributed by atoms with Crippen LogP contribution in [-0.4, -0.2) is 37.0 Å². The van der Waals surface area contributed by atoms with Gasteiger partial charge in [-0.25, -0.2) is 9.59 Å². The molecule has 156 valence electrons. The molecule has 2 aromatic rings. The molecule has 6 heteroatoms. The number of methoxy groups -OCH3 is 2. The molecule has 0 fully saturated rings. The Morgan fingerprint density at radius 2 is 1.67 bits per heavy atom. The van der Waals surface area contributed by atoms with Crippen LogP contribution >= 0.6 is 0 Å². The maximum atomic E-state index is 13.0. The summed E-state index contributed by atoms with van der Waals surface area (Å²) >= 11 is 0. The van der Waals surface area contributed by atoms with Crippen molar-refractivity contribution in [3.8, 4) is 0 Å². The number of benzene rings is 2. The van der Waals surface area contributed by atoms with Gasteiger partial charge in [-0.05, 0) is 37.1 Å². The normalized spacial score (nSPS) is 16.5. The van der Waals surface area contributed by atoms with Crippen molar-refractivity contribution in [2.45, 2.75) is 32.7 Å². The summed E-state index contributed by atoms with van der Waals surface area (Å²) in [7, 11) is 2.68. The van der Waals surface area contributed by atoms with Gasteiger partial charge >= 0.3 is 11.9 Å². The van der Waals surface area contributed by atoms with Crippen molar-refractivity contribution < 1.29 is 23.9 Å². The van der Waals surface area contributed by atoms with Gasteiger partial charge in [0.25, 0.3) is 0 Å². The van der Waals surface area contributed by atoms with E-state index in [9.17, 15) is 14.4 Å². The lowest BCUT2D eigenvalue weighted by molar-refractivity contribution is -0.138. The minimum absolute atomic E-state index is 0.0660. The van der Waals surface area contributed by atoms with Crippen molar-refractivity contribution >= 4 is 17.8 Å². The first-order chi connectivity index (χ1) is 14.3. The van der Waals surface area contributed by atoms with E-state index in [1.807, 2.05) is 31.2 Å². The summed E-state index contributed by atoms with van der Waals surface area (Å²) in [4.78, 5) is 38.9. The topological polar surface area (TPSA) is 72.9 Å². The van der Waals surface area contributed by atoms with Gasteiger partial charge in [0.2, 0.25) is 5.91 Å². The van der Waals surface area contributed by atoms with Crippen molar-refractivity contribution in [1.29, 1.82) is 0 Å². The van der Waals surface area contributed by atoms with E-state index in [0.29, 0.717) is 23.4 Å². The van der Waals surface area contributed by atoms with Gasteiger partial charge in [-0.3, -0.25) is 4.79 Å². The van der Waals surface area contributed by atoms with Crippen LogP contribution in [0.5, 0.6) is 0 Å². The quantitative estimate of drug-likeness (QED) is 0.706. The number of carbonyl (C=O) groups excluding carboxylic acids is 3. The van der Waals surface area contributed by atoms with E-state index in [0.717, 1.165) is 16.7 Å². The third-order valence-electron chi connectivity index (χ3n) is 5.39. The maximum Gasteiger partial charge on any atom is 0.337 e. The third-order valence-corrected chi connectivity index (χ3v) is 5.39. The van der Waals surface area contributed by atoms with E-state index in [-0.39, 0.29) is 18.2 Å². The summed E-state index contributed by atoms with van der Waals surface area (Å²) in [6, 6.07) is 14.7. The monoisotopic (exact) mass is 407 g/mol. The molecule has 0 saturated carbocycles. The van der Waals surface area contributed by atoms with Gasteiger partial charge in [0.05, 0.1) is 31.9 Å². The molecule has 0 aliphatic carbocycles. The SMILES string of the molecule is COC(=O)C1=C(C)N(Cc2ccc(C(=O)OC)cc2)C(=O)C[C@@H]1c1cccc(C)c1. The molecule has 0 N–H and O–H groups in total. The highest BCUT2D eigenvalue weighted by molar-refractivity contribution is 5.95. The molecule has 3 rings (SSSR count). The standard InChI is InChI=1S/C24H25NO5/c1-15-6-5-7-19(12-15)20-13-21(26)25(16(2)22(20)24(28)30-4)14-17-8-10-18(11-9-17)23(27)29-3/h5-12,20H,13-14H2,1-4H3/t20-/m1/s1. The first kappa shape index (κ1) is 21.3. The van der Waals surface area contributed by atoms with Crippen LogP contribution in [0.25, 0.3) is 0 Å². The zero-order chi connectivity index (χ0) is 21.8. The van der Waals surface area contributed by atoms with Gasteiger partial charge in [0.1, 0.15) is 0 Å². The second-order valence-corrected chi connectivity index (χ2v) is 7.33. The number of allylic oxidation sites excluding steroid dienone is 1. The summed E-state index contributed by atoms with van der Waals surface area (Å²) in [6.07, 6.45) is 0.186. The number of rotatable bonds is 5. The van der Waals surface area contributed by atoms with E-state index >= 15 is 0 Å². The van der Waals surface area contributed by atoms with Crippen LogP contribution < -0.4 is 0 Å². The average Bonchev–Trinajstić information content (AvgIpc) is 2.75. The Morgan fingerprint density at radius 1 is 1.00 bits per heavy atom. The number of hydrogen-bond acceptors (Lipinski definition) is 5. The molecule has 0 radical (unpaired) electrons. The van der Waals surface area contributed by atoms with Crippen molar-refractivity contribution in [2.75, 3.05) is 14.2 Å². The number of aryl methyl sites for hydroxylation is 1. The number of nitrogens with zero attached hydrogens (tertiary/aromatic N) is 1. The molecule has 1 aliphatic rings. The second kappa shape index (κ2) is 8.95. The molecule has 0 spiro atoms. The predicted molar refractivity (Wildman–Crippen MR) is 112 cm³/mol. The molecule has 0 bridgehead atoms. The van der Waals surface area contributed by atoms with Crippen LogP contribution in [0.15, 0.2) is 59.8 Å². The Balaban J connectivity index is 1.96. The fourth-order valence-electron chi connectivity index (χ4n) is 3.80. The minimum atomic E-state index is -0.433. The third kappa shape index (κ3) is 4.27. The maximum absolute atomic E-state index is 13.0. The van der Waals surface area contributed by atoms with Crippen molar-refractivity contribution in [2.24, 2.45) is 0 Å². The van der Waals surface area contributed by atoms with Crippen LogP contribution in [0.2, 0.25) is 0 Å². The largest absolute Gasteiger partial charge is 0.466 e. The van der Waals surface area contributed by atoms with E-state index < -0.39 is 11.9 Å². The smallest absolute Gasteiger partial charge is 0.337 e. The number of ether oxygens (including phenoxy) is 2.